The number of hydrogen-bond donors (Lipinski definition) is 1. The molecule has 2 aromatic rings. The third kappa shape index (κ3) is 3.22. The van der Waals surface area contributed by atoms with Crippen LogP contribution < -0.4 is 9.47 Å². The minimum Gasteiger partial charge on any atom is -0.481 e. The lowest BCUT2D eigenvalue weighted by molar-refractivity contribution is -0.137. The first-order valence-electron chi connectivity index (χ1n) is 7.32. The smallest absolute Gasteiger partial charge is 0.303 e. The van der Waals surface area contributed by atoms with Crippen LogP contribution in [0.1, 0.15) is 18.9 Å². The van der Waals surface area contributed by atoms with Gasteiger partial charge in [0.15, 0.2) is 11.5 Å². The summed E-state index contributed by atoms with van der Waals surface area (Å²) < 4.78 is 10.7. The summed E-state index contributed by atoms with van der Waals surface area (Å²) in [5.41, 5.74) is 3.33. The highest BCUT2D eigenvalue weighted by Crippen LogP contribution is 2.35. The van der Waals surface area contributed by atoms with E-state index in [1.165, 1.54) is 0 Å². The molecule has 1 aliphatic heterocycles. The van der Waals surface area contributed by atoms with Crippen LogP contribution in [0.4, 0.5) is 0 Å². The molecule has 0 spiro atoms. The standard InChI is InChI=1S/C18H18O4/c1-12(9-18(19)20)8-13-2-4-14(5-3-13)15-6-7-16-17(10-15)22-11-21-16/h2-7,10,12H,8-9,11H2,1H3,(H,19,20). The quantitative estimate of drug-likeness (QED) is 0.913. The summed E-state index contributed by atoms with van der Waals surface area (Å²) in [7, 11) is 0. The Kier molecular flexibility index (Phi) is 4.00. The van der Waals surface area contributed by atoms with E-state index in [9.17, 15) is 4.79 Å². The Bertz CT molecular complexity index is 676. The van der Waals surface area contributed by atoms with Crippen molar-refractivity contribution in [3.05, 3.63) is 48.0 Å². The summed E-state index contributed by atoms with van der Waals surface area (Å²) in [5, 5.41) is 8.81. The summed E-state index contributed by atoms with van der Waals surface area (Å²) >= 11 is 0. The van der Waals surface area contributed by atoms with Crippen molar-refractivity contribution in [3.8, 4) is 22.6 Å². The van der Waals surface area contributed by atoms with Crippen molar-refractivity contribution in [2.75, 3.05) is 6.79 Å². The maximum absolute atomic E-state index is 10.7. The van der Waals surface area contributed by atoms with Crippen LogP contribution in [0.3, 0.4) is 0 Å². The molecule has 1 unspecified atom stereocenters. The van der Waals surface area contributed by atoms with Crippen molar-refractivity contribution in [2.45, 2.75) is 19.8 Å². The number of rotatable bonds is 5. The topological polar surface area (TPSA) is 55.8 Å². The van der Waals surface area contributed by atoms with Crippen LogP contribution in [-0.2, 0) is 11.2 Å². The van der Waals surface area contributed by atoms with Crippen molar-refractivity contribution in [3.63, 3.8) is 0 Å². The molecule has 4 nitrogen and oxygen atoms in total. The molecule has 1 N–H and O–H groups in total. The van der Waals surface area contributed by atoms with Crippen LogP contribution in [0.25, 0.3) is 11.1 Å². The van der Waals surface area contributed by atoms with Crippen LogP contribution in [0.5, 0.6) is 11.5 Å². The molecule has 2 aromatic carbocycles. The van der Waals surface area contributed by atoms with Gasteiger partial charge < -0.3 is 14.6 Å². The Labute approximate surface area is 129 Å². The fourth-order valence-corrected chi connectivity index (χ4v) is 2.68. The molecule has 4 heteroatoms. The molecule has 114 valence electrons. The lowest BCUT2D eigenvalue weighted by atomic mass is 9.96. The van der Waals surface area contributed by atoms with Crippen LogP contribution >= 0.6 is 0 Å². The zero-order valence-electron chi connectivity index (χ0n) is 12.4. The minimum absolute atomic E-state index is 0.133. The maximum atomic E-state index is 10.7. The zero-order valence-corrected chi connectivity index (χ0v) is 12.4. The second-order valence-corrected chi connectivity index (χ2v) is 5.67. The van der Waals surface area contributed by atoms with E-state index in [1.54, 1.807) is 0 Å². The zero-order chi connectivity index (χ0) is 15.5. The lowest BCUT2D eigenvalue weighted by Crippen LogP contribution is -2.06. The predicted molar refractivity (Wildman–Crippen MR) is 83.1 cm³/mol. The van der Waals surface area contributed by atoms with E-state index >= 15 is 0 Å². The molecule has 0 amide bonds. The summed E-state index contributed by atoms with van der Waals surface area (Å²) in [6, 6.07) is 14.1. The second-order valence-electron chi connectivity index (χ2n) is 5.67. The Hall–Kier alpha value is -2.49. The molecule has 0 bridgehead atoms. The first kappa shape index (κ1) is 14.4. The molecule has 0 aromatic heterocycles. The molecule has 0 aliphatic carbocycles. The molecule has 1 aliphatic rings. The second kappa shape index (κ2) is 6.10. The Morgan fingerprint density at radius 1 is 1.09 bits per heavy atom. The van der Waals surface area contributed by atoms with Gasteiger partial charge in [-0.2, -0.15) is 0 Å². The molecule has 0 radical (unpaired) electrons. The van der Waals surface area contributed by atoms with Gasteiger partial charge in [-0.3, -0.25) is 4.79 Å². The molecule has 1 heterocycles. The van der Waals surface area contributed by atoms with E-state index in [0.29, 0.717) is 0 Å². The fourth-order valence-electron chi connectivity index (χ4n) is 2.68. The normalized spacial score (nSPS) is 13.9. The number of carboxylic acids is 1. The number of carbonyl (C=O) groups is 1. The van der Waals surface area contributed by atoms with Gasteiger partial charge in [-0.25, -0.2) is 0 Å². The van der Waals surface area contributed by atoms with E-state index in [4.69, 9.17) is 14.6 Å². The molecule has 3 rings (SSSR count). The lowest BCUT2D eigenvalue weighted by Gasteiger charge is -2.09. The average molecular weight is 298 g/mol. The molecule has 0 fully saturated rings. The highest BCUT2D eigenvalue weighted by molar-refractivity contribution is 5.68. The van der Waals surface area contributed by atoms with E-state index < -0.39 is 5.97 Å². The van der Waals surface area contributed by atoms with E-state index in [2.05, 4.69) is 24.3 Å². The van der Waals surface area contributed by atoms with Gasteiger partial charge in [0.05, 0.1) is 0 Å². The van der Waals surface area contributed by atoms with Crippen LogP contribution in [0.2, 0.25) is 0 Å². The Morgan fingerprint density at radius 3 is 2.50 bits per heavy atom. The molecule has 1 atom stereocenters. The van der Waals surface area contributed by atoms with Crippen LogP contribution in [0.15, 0.2) is 42.5 Å². The first-order valence-corrected chi connectivity index (χ1v) is 7.32. The highest BCUT2D eigenvalue weighted by Gasteiger charge is 2.14. The molecule has 22 heavy (non-hydrogen) atoms. The SMILES string of the molecule is CC(CC(=O)O)Cc1ccc(-c2ccc3c(c2)OCO3)cc1. The number of hydrogen-bond acceptors (Lipinski definition) is 3. The number of benzene rings is 2. The average Bonchev–Trinajstić information content (AvgIpc) is 2.94. The van der Waals surface area contributed by atoms with Crippen molar-refractivity contribution in [1.29, 1.82) is 0 Å². The molecule has 0 saturated carbocycles. The van der Waals surface area contributed by atoms with E-state index in [0.717, 1.165) is 34.6 Å². The van der Waals surface area contributed by atoms with Crippen molar-refractivity contribution in [1.82, 2.24) is 0 Å². The van der Waals surface area contributed by atoms with E-state index in [1.807, 2.05) is 25.1 Å². The number of carboxylic acid groups (broad SMARTS) is 1. The summed E-state index contributed by atoms with van der Waals surface area (Å²) in [4.78, 5) is 10.7. The third-order valence-corrected chi connectivity index (χ3v) is 3.77. The van der Waals surface area contributed by atoms with Gasteiger partial charge in [0.2, 0.25) is 6.79 Å². The van der Waals surface area contributed by atoms with Gasteiger partial charge >= 0.3 is 5.97 Å². The van der Waals surface area contributed by atoms with Gasteiger partial charge in [0.1, 0.15) is 0 Å². The number of aliphatic carboxylic acids is 1. The summed E-state index contributed by atoms with van der Waals surface area (Å²) in [6.07, 6.45) is 0.970. The van der Waals surface area contributed by atoms with Gasteiger partial charge in [-0.1, -0.05) is 37.3 Å². The first-order chi connectivity index (χ1) is 10.6. The van der Waals surface area contributed by atoms with Crippen LogP contribution in [0, 0.1) is 5.92 Å². The van der Waals surface area contributed by atoms with Gasteiger partial charge in [0.25, 0.3) is 0 Å². The van der Waals surface area contributed by atoms with Gasteiger partial charge in [-0.15, -0.1) is 0 Å². The summed E-state index contributed by atoms with van der Waals surface area (Å²) in [5.74, 6) is 0.942. The number of ether oxygens (including phenoxy) is 2. The minimum atomic E-state index is -0.746. The van der Waals surface area contributed by atoms with E-state index in [-0.39, 0.29) is 19.1 Å². The molecular formula is C18H18O4. The Balaban J connectivity index is 1.72. The van der Waals surface area contributed by atoms with Gasteiger partial charge in [-0.05, 0) is 41.2 Å². The molecular weight excluding hydrogens is 280 g/mol. The number of fused-ring (bicyclic) bond motifs is 1. The van der Waals surface area contributed by atoms with Gasteiger partial charge in [0, 0.05) is 6.42 Å². The summed E-state index contributed by atoms with van der Waals surface area (Å²) in [6.45, 7) is 2.24. The maximum Gasteiger partial charge on any atom is 0.303 e. The van der Waals surface area contributed by atoms with Crippen LogP contribution in [-0.4, -0.2) is 17.9 Å². The highest BCUT2D eigenvalue weighted by atomic mass is 16.7. The largest absolute Gasteiger partial charge is 0.481 e. The third-order valence-electron chi connectivity index (χ3n) is 3.77. The van der Waals surface area contributed by atoms with Crippen molar-refractivity contribution < 1.29 is 19.4 Å². The van der Waals surface area contributed by atoms with Crippen molar-refractivity contribution in [2.24, 2.45) is 5.92 Å². The fraction of sp³-hybridized carbons (Fsp3) is 0.278. The Morgan fingerprint density at radius 2 is 1.77 bits per heavy atom. The predicted octanol–water partition coefficient (Wildman–Crippen LogP) is 3.74. The molecule has 0 saturated heterocycles. The van der Waals surface area contributed by atoms with Crippen molar-refractivity contribution >= 4 is 5.97 Å². The monoisotopic (exact) mass is 298 g/mol.